The van der Waals surface area contributed by atoms with Crippen LogP contribution in [-0.2, 0) is 0 Å². The molecular formula is C26H31NO5. The highest BCUT2D eigenvalue weighted by molar-refractivity contribution is 5.58. The summed E-state index contributed by atoms with van der Waals surface area (Å²) < 4.78 is 29.9. The zero-order valence-electron chi connectivity index (χ0n) is 18.9. The molecule has 2 fully saturated rings. The highest BCUT2D eigenvalue weighted by atomic mass is 16.7. The normalized spacial score (nSPS) is 28.6. The molecule has 6 nitrogen and oxygen atoms in total. The minimum Gasteiger partial charge on any atom is -0.497 e. The molecule has 2 aromatic carbocycles. The Labute approximate surface area is 189 Å². The molecule has 0 aromatic heterocycles. The molecule has 3 aliphatic heterocycles. The van der Waals surface area contributed by atoms with Crippen LogP contribution in [0.4, 0.5) is 0 Å². The van der Waals surface area contributed by atoms with Gasteiger partial charge in [0.25, 0.3) is 0 Å². The summed E-state index contributed by atoms with van der Waals surface area (Å²) in [7, 11) is 3.44. The van der Waals surface area contributed by atoms with Crippen LogP contribution in [0.5, 0.6) is 28.7 Å². The molecular weight excluding hydrogens is 406 g/mol. The predicted molar refractivity (Wildman–Crippen MR) is 120 cm³/mol. The Morgan fingerprint density at radius 3 is 2.47 bits per heavy atom. The first-order chi connectivity index (χ1) is 15.7. The molecule has 0 radical (unpaired) electrons. The fourth-order valence-electron chi connectivity index (χ4n) is 6.40. The van der Waals surface area contributed by atoms with Crippen LogP contribution in [0.2, 0.25) is 0 Å². The molecule has 4 aliphatic rings. The third-order valence-corrected chi connectivity index (χ3v) is 7.83. The molecule has 0 N–H and O–H groups in total. The summed E-state index contributed by atoms with van der Waals surface area (Å²) in [5.41, 5.74) is 2.07. The number of ether oxygens (including phenoxy) is 5. The van der Waals surface area contributed by atoms with E-state index in [4.69, 9.17) is 23.7 Å². The number of fused-ring (bicyclic) bond motifs is 3. The topological polar surface area (TPSA) is 49.4 Å². The highest BCUT2D eigenvalue weighted by Gasteiger charge is 2.55. The first-order valence-electron chi connectivity index (χ1n) is 11.8. The quantitative estimate of drug-likeness (QED) is 0.675. The van der Waals surface area contributed by atoms with Crippen molar-refractivity contribution in [3.63, 3.8) is 0 Å². The van der Waals surface area contributed by atoms with Gasteiger partial charge in [-0.2, -0.15) is 0 Å². The monoisotopic (exact) mass is 437 g/mol. The van der Waals surface area contributed by atoms with Gasteiger partial charge in [-0.05, 0) is 37.8 Å². The lowest BCUT2D eigenvalue weighted by Crippen LogP contribution is -2.61. The van der Waals surface area contributed by atoms with Gasteiger partial charge in [0.1, 0.15) is 17.2 Å². The standard InChI is InChI=1S/C26H31NO5/c1-28-17-8-9-18(21(13-17)29-2)25-19-14-23-24(31-16-30-23)15-22(19)32-26(27-11-5-6-12-27)10-4-3-7-20(25)26/h8-9,13-15,20,25H,3-7,10-12,16H2,1-2H3/t20-,25+,26+/m1/s1. The molecule has 6 rings (SSSR count). The van der Waals surface area contributed by atoms with Gasteiger partial charge in [-0.15, -0.1) is 0 Å². The van der Waals surface area contributed by atoms with E-state index in [1.807, 2.05) is 18.2 Å². The van der Waals surface area contributed by atoms with Crippen molar-refractivity contribution in [3.05, 3.63) is 41.5 Å². The van der Waals surface area contributed by atoms with Crippen molar-refractivity contribution in [2.45, 2.75) is 50.2 Å². The van der Waals surface area contributed by atoms with Crippen LogP contribution in [0.1, 0.15) is 55.6 Å². The number of methoxy groups -OCH3 is 2. The molecule has 170 valence electrons. The van der Waals surface area contributed by atoms with Crippen molar-refractivity contribution < 1.29 is 23.7 Å². The fraction of sp³-hybridized carbons (Fsp3) is 0.538. The Balaban J connectivity index is 1.56. The Kier molecular flexibility index (Phi) is 4.86. The molecule has 32 heavy (non-hydrogen) atoms. The molecule has 3 atom stereocenters. The summed E-state index contributed by atoms with van der Waals surface area (Å²) in [6.07, 6.45) is 7.08. The third kappa shape index (κ3) is 2.95. The van der Waals surface area contributed by atoms with Gasteiger partial charge in [0.15, 0.2) is 17.2 Å². The molecule has 1 aliphatic carbocycles. The summed E-state index contributed by atoms with van der Waals surface area (Å²) >= 11 is 0. The number of likely N-dealkylation sites (tertiary alicyclic amines) is 1. The number of hydrogen-bond acceptors (Lipinski definition) is 6. The summed E-state index contributed by atoms with van der Waals surface area (Å²) in [6.45, 7) is 2.46. The average molecular weight is 438 g/mol. The van der Waals surface area contributed by atoms with E-state index in [0.717, 1.165) is 54.7 Å². The third-order valence-electron chi connectivity index (χ3n) is 7.83. The molecule has 0 spiro atoms. The van der Waals surface area contributed by atoms with Crippen molar-refractivity contribution in [3.8, 4) is 28.7 Å². The maximum absolute atomic E-state index is 7.03. The van der Waals surface area contributed by atoms with Crippen LogP contribution in [-0.4, -0.2) is 44.7 Å². The molecule has 0 bridgehead atoms. The maximum Gasteiger partial charge on any atom is 0.231 e. The number of nitrogens with zero attached hydrogens (tertiary/aromatic N) is 1. The second-order valence-electron chi connectivity index (χ2n) is 9.32. The lowest BCUT2D eigenvalue weighted by molar-refractivity contribution is -0.154. The van der Waals surface area contributed by atoms with E-state index in [-0.39, 0.29) is 18.4 Å². The van der Waals surface area contributed by atoms with Crippen LogP contribution < -0.4 is 23.7 Å². The lowest BCUT2D eigenvalue weighted by Gasteiger charge is -2.55. The zero-order valence-corrected chi connectivity index (χ0v) is 18.9. The van der Waals surface area contributed by atoms with Crippen LogP contribution in [0.25, 0.3) is 0 Å². The van der Waals surface area contributed by atoms with Gasteiger partial charge < -0.3 is 23.7 Å². The molecule has 3 heterocycles. The Bertz CT molecular complexity index is 1020. The molecule has 1 saturated heterocycles. The Morgan fingerprint density at radius 1 is 0.875 bits per heavy atom. The molecule has 6 heteroatoms. The van der Waals surface area contributed by atoms with E-state index in [9.17, 15) is 0 Å². The number of hydrogen-bond donors (Lipinski definition) is 0. The van der Waals surface area contributed by atoms with Crippen LogP contribution in [0.15, 0.2) is 30.3 Å². The minimum absolute atomic E-state index is 0.148. The Hall–Kier alpha value is -2.60. The van der Waals surface area contributed by atoms with Crippen molar-refractivity contribution >= 4 is 0 Å². The average Bonchev–Trinajstić information content (AvgIpc) is 3.53. The number of benzene rings is 2. The maximum atomic E-state index is 7.03. The van der Waals surface area contributed by atoms with Crippen LogP contribution in [0.3, 0.4) is 0 Å². The minimum atomic E-state index is -0.287. The van der Waals surface area contributed by atoms with E-state index in [2.05, 4.69) is 17.0 Å². The smallest absolute Gasteiger partial charge is 0.231 e. The highest BCUT2D eigenvalue weighted by Crippen LogP contribution is 2.58. The summed E-state index contributed by atoms with van der Waals surface area (Å²) in [5, 5.41) is 0. The van der Waals surface area contributed by atoms with E-state index < -0.39 is 0 Å². The van der Waals surface area contributed by atoms with Gasteiger partial charge in [-0.1, -0.05) is 12.5 Å². The second-order valence-corrected chi connectivity index (χ2v) is 9.32. The fourth-order valence-corrected chi connectivity index (χ4v) is 6.40. The second kappa shape index (κ2) is 7.77. The van der Waals surface area contributed by atoms with Crippen molar-refractivity contribution in [2.75, 3.05) is 34.1 Å². The number of rotatable bonds is 4. The van der Waals surface area contributed by atoms with Crippen LogP contribution in [0, 0.1) is 5.92 Å². The van der Waals surface area contributed by atoms with E-state index in [1.165, 1.54) is 36.8 Å². The first kappa shape index (κ1) is 20.0. The van der Waals surface area contributed by atoms with Gasteiger partial charge in [0.05, 0.1) is 14.2 Å². The largest absolute Gasteiger partial charge is 0.497 e. The predicted octanol–water partition coefficient (Wildman–Crippen LogP) is 4.94. The first-order valence-corrected chi connectivity index (χ1v) is 11.8. The van der Waals surface area contributed by atoms with E-state index in [0.29, 0.717) is 5.92 Å². The SMILES string of the molecule is COc1ccc([C@H]2c3cc4c(cc3O[C@@]3(N5CCCC5)CCCC[C@H]23)OCO4)c(OC)c1. The molecule has 2 aromatic rings. The molecule has 1 saturated carbocycles. The zero-order chi connectivity index (χ0) is 21.7. The van der Waals surface area contributed by atoms with Crippen molar-refractivity contribution in [1.29, 1.82) is 0 Å². The van der Waals surface area contributed by atoms with Gasteiger partial charge in [0, 0.05) is 54.6 Å². The lowest BCUT2D eigenvalue weighted by atomic mass is 9.66. The molecule has 0 amide bonds. The summed E-state index contributed by atoms with van der Waals surface area (Å²) in [5.74, 6) is 4.64. The Morgan fingerprint density at radius 2 is 1.69 bits per heavy atom. The van der Waals surface area contributed by atoms with Gasteiger partial charge >= 0.3 is 0 Å². The van der Waals surface area contributed by atoms with Crippen molar-refractivity contribution in [2.24, 2.45) is 5.92 Å². The summed E-state index contributed by atoms with van der Waals surface area (Å²) in [6, 6.07) is 10.4. The van der Waals surface area contributed by atoms with Crippen molar-refractivity contribution in [1.82, 2.24) is 4.90 Å². The van der Waals surface area contributed by atoms with Gasteiger partial charge in [-0.25, -0.2) is 0 Å². The van der Waals surface area contributed by atoms with Crippen LogP contribution >= 0.6 is 0 Å². The van der Waals surface area contributed by atoms with Gasteiger partial charge in [-0.3, -0.25) is 4.90 Å². The van der Waals surface area contributed by atoms with E-state index >= 15 is 0 Å². The van der Waals surface area contributed by atoms with E-state index in [1.54, 1.807) is 14.2 Å². The molecule has 0 unspecified atom stereocenters. The van der Waals surface area contributed by atoms with Gasteiger partial charge in [0.2, 0.25) is 6.79 Å². The summed E-state index contributed by atoms with van der Waals surface area (Å²) in [4.78, 5) is 2.62.